The molecule has 9 heteroatoms. The maximum atomic E-state index is 12.4. The van der Waals surface area contributed by atoms with E-state index in [1.54, 1.807) is 0 Å². The molecule has 3 aliphatic rings. The van der Waals surface area contributed by atoms with E-state index in [2.05, 4.69) is 34.5 Å². The zero-order valence-electron chi connectivity index (χ0n) is 18.2. The Morgan fingerprint density at radius 3 is 2.19 bits per heavy atom. The minimum absolute atomic E-state index is 0.195. The number of hydrogen-bond acceptors (Lipinski definition) is 6. The number of carboxylic acids is 2. The van der Waals surface area contributed by atoms with Gasteiger partial charge in [0.2, 0.25) is 5.91 Å². The first kappa shape index (κ1) is 24.8. The van der Waals surface area contributed by atoms with Crippen molar-refractivity contribution in [2.75, 3.05) is 32.8 Å². The van der Waals surface area contributed by atoms with Crippen molar-refractivity contribution in [1.29, 1.82) is 0 Å². The Kier molecular flexibility index (Phi) is 9.90. The van der Waals surface area contributed by atoms with E-state index in [0.29, 0.717) is 12.5 Å². The summed E-state index contributed by atoms with van der Waals surface area (Å²) in [7, 11) is 0. The molecule has 0 saturated carbocycles. The number of aliphatic carboxylic acids is 2. The van der Waals surface area contributed by atoms with Gasteiger partial charge in [0.15, 0.2) is 0 Å². The zero-order valence-corrected chi connectivity index (χ0v) is 18.2. The molecule has 0 spiro atoms. The Balaban J connectivity index is 0.000000370. The van der Waals surface area contributed by atoms with E-state index < -0.39 is 11.9 Å². The van der Waals surface area contributed by atoms with Crippen LogP contribution in [-0.2, 0) is 32.2 Å². The lowest BCUT2D eigenvalue weighted by Crippen LogP contribution is -2.47. The van der Waals surface area contributed by atoms with Gasteiger partial charge < -0.3 is 25.2 Å². The van der Waals surface area contributed by atoms with E-state index in [4.69, 9.17) is 24.5 Å². The summed E-state index contributed by atoms with van der Waals surface area (Å²) < 4.78 is 5.74. The summed E-state index contributed by atoms with van der Waals surface area (Å²) in [5.74, 6) is -1.39. The number of hydrogen-bond donors (Lipinski definition) is 3. The minimum atomic E-state index is -0.833. The molecule has 9 nitrogen and oxygen atoms in total. The lowest BCUT2D eigenvalue weighted by molar-refractivity contribution is -0.135. The van der Waals surface area contributed by atoms with Gasteiger partial charge in [0.05, 0.1) is 18.8 Å². The standard InChI is InChI=1S/C18H25N3O2.2C2H4O2/c22-18(21-12-16-17(13-21)23-9-7-19-16)6-3-8-20-10-14-4-1-2-5-15(14)11-20;2*1-2(3)4/h1-2,4-5,16-17,19H,3,6-13H2;2*1H3,(H,3,4)/t16-,17-;;/m0../s1. The van der Waals surface area contributed by atoms with E-state index >= 15 is 0 Å². The van der Waals surface area contributed by atoms with Crippen LogP contribution < -0.4 is 5.32 Å². The van der Waals surface area contributed by atoms with Crippen LogP contribution >= 0.6 is 0 Å². The molecule has 2 saturated heterocycles. The first-order chi connectivity index (χ1) is 14.8. The van der Waals surface area contributed by atoms with Crippen molar-refractivity contribution < 1.29 is 29.3 Å². The van der Waals surface area contributed by atoms with E-state index in [-0.39, 0.29) is 12.0 Å². The third-order valence-corrected chi connectivity index (χ3v) is 5.23. The van der Waals surface area contributed by atoms with Crippen molar-refractivity contribution in [3.05, 3.63) is 35.4 Å². The second-order valence-corrected chi connectivity index (χ2v) is 7.89. The number of carbonyl (C=O) groups excluding carboxylic acids is 1. The van der Waals surface area contributed by atoms with Crippen LogP contribution in [0.5, 0.6) is 0 Å². The Labute approximate surface area is 183 Å². The molecule has 0 unspecified atom stereocenters. The smallest absolute Gasteiger partial charge is 0.300 e. The number of rotatable bonds is 4. The van der Waals surface area contributed by atoms with Gasteiger partial charge in [-0.1, -0.05) is 24.3 Å². The third-order valence-electron chi connectivity index (χ3n) is 5.23. The van der Waals surface area contributed by atoms with Gasteiger partial charge in [-0.3, -0.25) is 19.3 Å². The summed E-state index contributed by atoms with van der Waals surface area (Å²) >= 11 is 0. The van der Waals surface area contributed by atoms with Gasteiger partial charge in [0.25, 0.3) is 11.9 Å². The summed E-state index contributed by atoms with van der Waals surface area (Å²) in [6, 6.07) is 8.96. The van der Waals surface area contributed by atoms with Crippen LogP contribution in [0.15, 0.2) is 24.3 Å². The van der Waals surface area contributed by atoms with Crippen LogP contribution in [0.3, 0.4) is 0 Å². The van der Waals surface area contributed by atoms with Gasteiger partial charge in [-0.05, 0) is 24.1 Å². The highest BCUT2D eigenvalue weighted by Gasteiger charge is 2.37. The fourth-order valence-electron chi connectivity index (χ4n) is 3.97. The molecule has 3 aliphatic heterocycles. The molecule has 0 aromatic heterocycles. The Bertz CT molecular complexity index is 698. The number of likely N-dealkylation sites (tertiary alicyclic amines) is 1. The molecule has 3 N–H and O–H groups in total. The highest BCUT2D eigenvalue weighted by molar-refractivity contribution is 5.76. The number of amides is 1. The highest BCUT2D eigenvalue weighted by Crippen LogP contribution is 2.23. The Hall–Kier alpha value is -2.49. The van der Waals surface area contributed by atoms with Crippen molar-refractivity contribution in [2.24, 2.45) is 0 Å². The summed E-state index contributed by atoms with van der Waals surface area (Å²) in [4.78, 5) is 34.8. The molecule has 3 heterocycles. The lowest BCUT2D eigenvalue weighted by atomic mass is 10.1. The normalized spacial score (nSPS) is 21.7. The van der Waals surface area contributed by atoms with Crippen molar-refractivity contribution >= 4 is 17.8 Å². The van der Waals surface area contributed by atoms with Gasteiger partial charge in [-0.25, -0.2) is 0 Å². The summed E-state index contributed by atoms with van der Waals surface area (Å²) in [6.45, 7) is 8.43. The van der Waals surface area contributed by atoms with Crippen LogP contribution in [0.2, 0.25) is 0 Å². The first-order valence-corrected chi connectivity index (χ1v) is 10.6. The number of benzene rings is 1. The molecule has 31 heavy (non-hydrogen) atoms. The molecule has 1 aromatic carbocycles. The van der Waals surface area contributed by atoms with E-state index in [0.717, 1.165) is 66.1 Å². The number of nitrogens with one attached hydrogen (secondary N) is 1. The predicted octanol–water partition coefficient (Wildman–Crippen LogP) is 1.16. The molecule has 1 amide bonds. The van der Waals surface area contributed by atoms with Gasteiger partial charge in [0, 0.05) is 53.0 Å². The summed E-state index contributed by atoms with van der Waals surface area (Å²) in [6.07, 6.45) is 1.78. The van der Waals surface area contributed by atoms with Crippen molar-refractivity contribution in [3.63, 3.8) is 0 Å². The monoisotopic (exact) mass is 435 g/mol. The average molecular weight is 436 g/mol. The van der Waals surface area contributed by atoms with Crippen molar-refractivity contribution in [3.8, 4) is 0 Å². The number of morpholine rings is 1. The topological polar surface area (TPSA) is 119 Å². The second-order valence-electron chi connectivity index (χ2n) is 7.89. The van der Waals surface area contributed by atoms with E-state index in [1.165, 1.54) is 11.1 Å². The van der Waals surface area contributed by atoms with E-state index in [1.807, 2.05) is 4.90 Å². The molecule has 2 fully saturated rings. The quantitative estimate of drug-likeness (QED) is 0.645. The summed E-state index contributed by atoms with van der Waals surface area (Å²) in [5, 5.41) is 18.3. The fourth-order valence-corrected chi connectivity index (χ4v) is 3.97. The van der Waals surface area contributed by atoms with Crippen LogP contribution in [0.25, 0.3) is 0 Å². The molecule has 2 atom stereocenters. The van der Waals surface area contributed by atoms with Gasteiger partial charge in [-0.15, -0.1) is 0 Å². The highest BCUT2D eigenvalue weighted by atomic mass is 16.5. The lowest BCUT2D eigenvalue weighted by Gasteiger charge is -2.25. The molecule has 0 aliphatic carbocycles. The molecule has 0 bridgehead atoms. The molecular weight excluding hydrogens is 402 g/mol. The number of ether oxygens (including phenoxy) is 1. The largest absolute Gasteiger partial charge is 0.481 e. The number of carbonyl (C=O) groups is 3. The fraction of sp³-hybridized carbons (Fsp3) is 0.591. The average Bonchev–Trinajstić information content (AvgIpc) is 3.30. The van der Waals surface area contributed by atoms with Gasteiger partial charge in [0.1, 0.15) is 0 Å². The zero-order chi connectivity index (χ0) is 22.8. The second kappa shape index (κ2) is 12.4. The van der Waals surface area contributed by atoms with Crippen LogP contribution in [-0.4, -0.2) is 82.8 Å². The van der Waals surface area contributed by atoms with Crippen LogP contribution in [0.1, 0.15) is 37.8 Å². The predicted molar refractivity (Wildman–Crippen MR) is 115 cm³/mol. The number of nitrogens with zero attached hydrogens (tertiary/aromatic N) is 2. The molecule has 1 aromatic rings. The van der Waals surface area contributed by atoms with Crippen LogP contribution in [0, 0.1) is 0 Å². The minimum Gasteiger partial charge on any atom is -0.481 e. The number of fused-ring (bicyclic) bond motifs is 2. The Morgan fingerprint density at radius 1 is 1.06 bits per heavy atom. The molecule has 0 radical (unpaired) electrons. The first-order valence-electron chi connectivity index (χ1n) is 10.6. The maximum Gasteiger partial charge on any atom is 0.300 e. The SMILES string of the molecule is CC(=O)O.CC(=O)O.O=C(CCCN1Cc2ccccc2C1)N1C[C@@H]2NCCO[C@H]2C1. The van der Waals surface area contributed by atoms with E-state index in [9.17, 15) is 4.79 Å². The molecule has 172 valence electrons. The Morgan fingerprint density at radius 2 is 1.65 bits per heavy atom. The maximum absolute atomic E-state index is 12.4. The van der Waals surface area contributed by atoms with Gasteiger partial charge >= 0.3 is 0 Å². The van der Waals surface area contributed by atoms with Crippen molar-refractivity contribution in [1.82, 2.24) is 15.1 Å². The van der Waals surface area contributed by atoms with Crippen LogP contribution in [0.4, 0.5) is 0 Å². The number of carboxylic acid groups (broad SMARTS) is 2. The molecular formula is C22H33N3O6. The third kappa shape index (κ3) is 8.64. The summed E-state index contributed by atoms with van der Waals surface area (Å²) in [5.41, 5.74) is 2.87. The van der Waals surface area contributed by atoms with Gasteiger partial charge in [-0.2, -0.15) is 0 Å². The molecule has 4 rings (SSSR count). The van der Waals surface area contributed by atoms with Crippen molar-refractivity contribution in [2.45, 2.75) is 51.9 Å².